The molecule has 0 spiro atoms. The van der Waals surface area contributed by atoms with Gasteiger partial charge in [0.05, 0.1) is 11.4 Å². The number of nitrogens with zero attached hydrogens (tertiary/aromatic N) is 3. The molecule has 0 atom stereocenters. The van der Waals surface area contributed by atoms with Crippen molar-refractivity contribution in [3.8, 4) is 0 Å². The number of nitrogens with one attached hydrogen (secondary N) is 1. The van der Waals surface area contributed by atoms with Crippen molar-refractivity contribution in [2.45, 2.75) is 57.1 Å². The lowest BCUT2D eigenvalue weighted by Gasteiger charge is -2.26. The second kappa shape index (κ2) is 9.48. The normalized spacial score (nSPS) is 14.6. The van der Waals surface area contributed by atoms with E-state index in [0.717, 1.165) is 10.9 Å². The monoisotopic (exact) mass is 414 g/mol. The largest absolute Gasteiger partial charge is 0.345 e. The van der Waals surface area contributed by atoms with Crippen molar-refractivity contribution in [1.29, 1.82) is 0 Å². The Hall–Kier alpha value is -2.28. The van der Waals surface area contributed by atoms with Gasteiger partial charge in [0.25, 0.3) is 5.91 Å². The molecule has 156 valence electrons. The maximum Gasteiger partial charge on any atom is 0.253 e. The SMILES string of the molecule is Cc1nc(SCC(=O)Nc2cccc(C(=O)N(C)C)c2)n(C2CCCCC2)c1C. The van der Waals surface area contributed by atoms with Crippen LogP contribution in [0, 0.1) is 13.8 Å². The molecule has 1 aliphatic carbocycles. The topological polar surface area (TPSA) is 67.2 Å². The van der Waals surface area contributed by atoms with Crippen LogP contribution in [0.25, 0.3) is 0 Å². The molecule has 1 saturated carbocycles. The predicted molar refractivity (Wildman–Crippen MR) is 118 cm³/mol. The molecule has 0 bridgehead atoms. The van der Waals surface area contributed by atoms with Crippen molar-refractivity contribution in [1.82, 2.24) is 14.5 Å². The Morgan fingerprint density at radius 3 is 2.62 bits per heavy atom. The number of imidazole rings is 1. The highest BCUT2D eigenvalue weighted by Gasteiger charge is 2.22. The highest BCUT2D eigenvalue weighted by Crippen LogP contribution is 2.34. The van der Waals surface area contributed by atoms with E-state index in [0.29, 0.717) is 17.3 Å². The zero-order chi connectivity index (χ0) is 21.0. The van der Waals surface area contributed by atoms with E-state index in [1.165, 1.54) is 54.5 Å². The van der Waals surface area contributed by atoms with E-state index >= 15 is 0 Å². The first-order valence-electron chi connectivity index (χ1n) is 10.2. The van der Waals surface area contributed by atoms with Gasteiger partial charge < -0.3 is 14.8 Å². The van der Waals surface area contributed by atoms with Crippen LogP contribution in [0.15, 0.2) is 29.4 Å². The predicted octanol–water partition coefficient (Wildman–Crippen LogP) is 4.44. The first-order valence-corrected chi connectivity index (χ1v) is 11.1. The maximum atomic E-state index is 12.5. The molecule has 0 radical (unpaired) electrons. The summed E-state index contributed by atoms with van der Waals surface area (Å²) >= 11 is 1.48. The Labute approximate surface area is 177 Å². The van der Waals surface area contributed by atoms with E-state index in [2.05, 4.69) is 16.8 Å². The zero-order valence-electron chi connectivity index (χ0n) is 17.7. The van der Waals surface area contributed by atoms with Crippen LogP contribution in [0.5, 0.6) is 0 Å². The van der Waals surface area contributed by atoms with Crippen LogP contribution in [0.4, 0.5) is 5.69 Å². The summed E-state index contributed by atoms with van der Waals surface area (Å²) in [5, 5.41) is 3.83. The van der Waals surface area contributed by atoms with E-state index in [-0.39, 0.29) is 17.6 Å². The zero-order valence-corrected chi connectivity index (χ0v) is 18.5. The van der Waals surface area contributed by atoms with Gasteiger partial charge in [-0.2, -0.15) is 0 Å². The third kappa shape index (κ3) is 5.21. The molecule has 2 aromatic rings. The van der Waals surface area contributed by atoms with Crippen LogP contribution in [0.1, 0.15) is 59.9 Å². The number of carbonyl (C=O) groups is 2. The number of aromatic nitrogens is 2. The lowest BCUT2D eigenvalue weighted by atomic mass is 9.95. The number of benzene rings is 1. The molecule has 1 aliphatic rings. The molecule has 0 aliphatic heterocycles. The van der Waals surface area contributed by atoms with E-state index in [4.69, 9.17) is 4.98 Å². The van der Waals surface area contributed by atoms with Crippen molar-refractivity contribution in [2.24, 2.45) is 0 Å². The average Bonchev–Trinajstić information content (AvgIpc) is 3.00. The van der Waals surface area contributed by atoms with E-state index in [1.807, 2.05) is 6.92 Å². The Balaban J connectivity index is 1.65. The van der Waals surface area contributed by atoms with Crippen LogP contribution in [0.3, 0.4) is 0 Å². The van der Waals surface area contributed by atoms with Gasteiger partial charge in [-0.15, -0.1) is 0 Å². The van der Waals surface area contributed by atoms with Crippen molar-refractivity contribution < 1.29 is 9.59 Å². The maximum absolute atomic E-state index is 12.5. The van der Waals surface area contributed by atoms with Gasteiger partial charge in [-0.25, -0.2) is 4.98 Å². The van der Waals surface area contributed by atoms with Crippen LogP contribution < -0.4 is 5.32 Å². The minimum Gasteiger partial charge on any atom is -0.345 e. The summed E-state index contributed by atoms with van der Waals surface area (Å²) in [5.41, 5.74) is 3.42. The summed E-state index contributed by atoms with van der Waals surface area (Å²) in [6, 6.07) is 7.53. The third-order valence-corrected chi connectivity index (χ3v) is 6.38. The van der Waals surface area contributed by atoms with Gasteiger partial charge in [0.15, 0.2) is 5.16 Å². The number of rotatable bonds is 6. The Morgan fingerprint density at radius 1 is 1.21 bits per heavy atom. The molecule has 3 rings (SSSR count). The molecule has 2 amide bonds. The molecule has 0 saturated heterocycles. The smallest absolute Gasteiger partial charge is 0.253 e. The quantitative estimate of drug-likeness (QED) is 0.710. The number of anilines is 1. The fraction of sp³-hybridized carbons (Fsp3) is 0.500. The Kier molecular flexibility index (Phi) is 7.00. The van der Waals surface area contributed by atoms with Gasteiger partial charge >= 0.3 is 0 Å². The Morgan fingerprint density at radius 2 is 1.93 bits per heavy atom. The third-order valence-electron chi connectivity index (χ3n) is 5.43. The van der Waals surface area contributed by atoms with Gasteiger partial charge in [-0.1, -0.05) is 37.1 Å². The number of amides is 2. The number of carbonyl (C=O) groups excluding carboxylic acids is 2. The molecular weight excluding hydrogens is 384 g/mol. The van der Waals surface area contributed by atoms with E-state index in [1.54, 1.807) is 38.4 Å². The molecule has 7 heteroatoms. The van der Waals surface area contributed by atoms with Gasteiger partial charge in [-0.3, -0.25) is 9.59 Å². The number of thioether (sulfide) groups is 1. The fourth-order valence-electron chi connectivity index (χ4n) is 3.78. The molecule has 1 aromatic carbocycles. The van der Waals surface area contributed by atoms with Crippen LogP contribution >= 0.6 is 11.8 Å². The number of hydrogen-bond acceptors (Lipinski definition) is 4. The summed E-state index contributed by atoms with van der Waals surface area (Å²) < 4.78 is 2.34. The summed E-state index contributed by atoms with van der Waals surface area (Å²) in [5.74, 6) is 0.1000. The number of hydrogen-bond donors (Lipinski definition) is 1. The summed E-state index contributed by atoms with van der Waals surface area (Å²) in [4.78, 5) is 30.9. The standard InChI is InChI=1S/C22H30N4O2S/c1-15-16(2)26(19-11-6-5-7-12-19)22(23-15)29-14-20(27)24-18-10-8-9-17(13-18)21(28)25(3)4/h8-10,13,19H,5-7,11-12,14H2,1-4H3,(H,24,27). The van der Waals surface area contributed by atoms with Crippen molar-refractivity contribution in [2.75, 3.05) is 25.2 Å². The molecule has 1 heterocycles. The lowest BCUT2D eigenvalue weighted by molar-refractivity contribution is -0.113. The van der Waals surface area contributed by atoms with Gasteiger partial charge in [0.2, 0.25) is 5.91 Å². The summed E-state index contributed by atoms with van der Waals surface area (Å²) in [7, 11) is 3.42. The van der Waals surface area contributed by atoms with Gasteiger partial charge in [0.1, 0.15) is 0 Å². The fourth-order valence-corrected chi connectivity index (χ4v) is 4.74. The molecule has 0 unspecified atom stereocenters. The second-order valence-corrected chi connectivity index (χ2v) is 8.79. The van der Waals surface area contributed by atoms with Crippen molar-refractivity contribution >= 4 is 29.3 Å². The van der Waals surface area contributed by atoms with Crippen LogP contribution in [-0.4, -0.2) is 46.1 Å². The first-order chi connectivity index (χ1) is 13.9. The molecule has 29 heavy (non-hydrogen) atoms. The average molecular weight is 415 g/mol. The van der Waals surface area contributed by atoms with Gasteiger partial charge in [-0.05, 0) is 44.9 Å². The summed E-state index contributed by atoms with van der Waals surface area (Å²) in [6.45, 7) is 4.15. The first kappa shape index (κ1) is 21.4. The molecule has 1 aromatic heterocycles. The Bertz CT molecular complexity index is 885. The highest BCUT2D eigenvalue weighted by molar-refractivity contribution is 7.99. The lowest BCUT2D eigenvalue weighted by Crippen LogP contribution is -2.22. The van der Waals surface area contributed by atoms with E-state index in [9.17, 15) is 9.59 Å². The molecule has 1 N–H and O–H groups in total. The van der Waals surface area contributed by atoms with Crippen molar-refractivity contribution in [3.05, 3.63) is 41.2 Å². The van der Waals surface area contributed by atoms with Gasteiger partial charge in [0, 0.05) is 37.1 Å². The minimum absolute atomic E-state index is 0.0871. The minimum atomic E-state index is -0.0991. The van der Waals surface area contributed by atoms with Crippen molar-refractivity contribution in [3.63, 3.8) is 0 Å². The molecule has 6 nitrogen and oxygen atoms in total. The van der Waals surface area contributed by atoms with Crippen LogP contribution in [0.2, 0.25) is 0 Å². The summed E-state index contributed by atoms with van der Waals surface area (Å²) in [6.07, 6.45) is 6.19. The van der Waals surface area contributed by atoms with E-state index < -0.39 is 0 Å². The second-order valence-electron chi connectivity index (χ2n) is 7.84. The van der Waals surface area contributed by atoms with Crippen LogP contribution in [-0.2, 0) is 4.79 Å². The highest BCUT2D eigenvalue weighted by atomic mass is 32.2. The molecule has 1 fully saturated rings. The molecular formula is C22H30N4O2S. The number of aryl methyl sites for hydroxylation is 1.